The Labute approximate surface area is 147 Å². The summed E-state index contributed by atoms with van der Waals surface area (Å²) < 4.78 is 34.9. The Morgan fingerprint density at radius 3 is 2.52 bits per heavy atom. The maximum Gasteiger partial charge on any atom is 0.270 e. The summed E-state index contributed by atoms with van der Waals surface area (Å²) in [6, 6.07) is 4.98. The van der Waals surface area contributed by atoms with Crippen molar-refractivity contribution in [3.8, 4) is 0 Å². The van der Waals surface area contributed by atoms with Crippen LogP contribution in [0, 0.1) is 13.8 Å². The Balaban J connectivity index is 1.83. The normalized spacial score (nSPS) is 15.1. The van der Waals surface area contributed by atoms with Gasteiger partial charge in [-0.05, 0) is 44.9 Å². The maximum atomic E-state index is 12.7. The number of furan rings is 1. The lowest BCUT2D eigenvalue weighted by atomic mass is 10.3. The first-order valence-electron chi connectivity index (χ1n) is 8.30. The lowest BCUT2D eigenvalue weighted by Gasteiger charge is -2.15. The number of hydrogen-bond donors (Lipinski definition) is 1. The van der Waals surface area contributed by atoms with Crippen molar-refractivity contribution >= 4 is 15.9 Å². The number of amides is 1. The number of nitrogens with zero attached hydrogens (tertiary/aromatic N) is 2. The van der Waals surface area contributed by atoms with Gasteiger partial charge in [-0.25, -0.2) is 13.1 Å². The zero-order valence-corrected chi connectivity index (χ0v) is 15.5. The number of rotatable bonds is 5. The fourth-order valence-electron chi connectivity index (χ4n) is 3.05. The molecule has 1 amide bonds. The van der Waals surface area contributed by atoms with Crippen LogP contribution in [0.1, 0.15) is 40.5 Å². The van der Waals surface area contributed by atoms with Crippen LogP contribution in [0.3, 0.4) is 0 Å². The molecular weight excluding hydrogens is 342 g/mol. The first-order chi connectivity index (χ1) is 11.8. The molecule has 2 aromatic heterocycles. The molecule has 0 spiro atoms. The van der Waals surface area contributed by atoms with Gasteiger partial charge in [-0.15, -0.1) is 0 Å². The third kappa shape index (κ3) is 3.50. The molecule has 0 radical (unpaired) electrons. The smallest absolute Gasteiger partial charge is 0.270 e. The summed E-state index contributed by atoms with van der Waals surface area (Å²) in [5, 5.41) is 0. The summed E-state index contributed by atoms with van der Waals surface area (Å²) >= 11 is 0. The van der Waals surface area contributed by atoms with Gasteiger partial charge in [-0.3, -0.25) is 4.79 Å². The number of carbonyl (C=O) groups is 1. The van der Waals surface area contributed by atoms with Gasteiger partial charge >= 0.3 is 0 Å². The fraction of sp³-hybridized carbons (Fsp3) is 0.471. The molecule has 8 heteroatoms. The van der Waals surface area contributed by atoms with E-state index in [-0.39, 0.29) is 17.3 Å². The lowest BCUT2D eigenvalue weighted by molar-refractivity contribution is 0.0783. The maximum absolute atomic E-state index is 12.7. The van der Waals surface area contributed by atoms with Gasteiger partial charge in [0, 0.05) is 25.8 Å². The molecule has 3 heterocycles. The average Bonchev–Trinajstić information content (AvgIpc) is 3.28. The number of sulfonamides is 1. The zero-order valence-electron chi connectivity index (χ0n) is 14.7. The minimum Gasteiger partial charge on any atom is -0.465 e. The highest BCUT2D eigenvalue weighted by Crippen LogP contribution is 2.22. The van der Waals surface area contributed by atoms with Gasteiger partial charge in [0.05, 0.1) is 6.54 Å². The molecule has 1 aliphatic rings. The van der Waals surface area contributed by atoms with E-state index < -0.39 is 10.0 Å². The Bertz CT molecular complexity index is 889. The van der Waals surface area contributed by atoms with Crippen LogP contribution in [0.5, 0.6) is 0 Å². The highest BCUT2D eigenvalue weighted by molar-refractivity contribution is 7.89. The molecule has 136 valence electrons. The van der Waals surface area contributed by atoms with Crippen LogP contribution in [-0.4, -0.2) is 36.9 Å². The molecule has 0 saturated carbocycles. The molecule has 0 aliphatic carbocycles. The Kier molecular flexibility index (Phi) is 4.75. The zero-order chi connectivity index (χ0) is 18.2. The van der Waals surface area contributed by atoms with Crippen LogP contribution in [-0.2, 0) is 23.6 Å². The van der Waals surface area contributed by atoms with E-state index in [9.17, 15) is 13.2 Å². The van der Waals surface area contributed by atoms with Crippen LogP contribution < -0.4 is 4.72 Å². The molecule has 7 nitrogen and oxygen atoms in total. The van der Waals surface area contributed by atoms with Gasteiger partial charge in [-0.2, -0.15) is 0 Å². The molecule has 0 unspecified atom stereocenters. The SMILES string of the molecule is Cc1ccc(CNS(=O)(=O)c2cc(C(=O)N3CCCC3)n(C)c2C)o1. The standard InChI is InChI=1S/C17H23N3O4S/c1-12-6-7-14(24-12)11-18-25(22,23)16-10-15(19(3)13(16)2)17(21)20-8-4-5-9-20/h6-7,10,18H,4-5,8-9,11H2,1-3H3. The molecule has 1 aliphatic heterocycles. The Hall–Kier alpha value is -2.06. The monoisotopic (exact) mass is 365 g/mol. The van der Waals surface area contributed by atoms with Crippen molar-refractivity contribution < 1.29 is 17.6 Å². The van der Waals surface area contributed by atoms with Crippen LogP contribution in [0.4, 0.5) is 0 Å². The van der Waals surface area contributed by atoms with Gasteiger partial charge < -0.3 is 13.9 Å². The second-order valence-electron chi connectivity index (χ2n) is 6.37. The Morgan fingerprint density at radius 2 is 1.92 bits per heavy atom. The lowest BCUT2D eigenvalue weighted by Crippen LogP contribution is -2.29. The van der Waals surface area contributed by atoms with Crippen LogP contribution in [0.15, 0.2) is 27.5 Å². The van der Waals surface area contributed by atoms with Crippen molar-refractivity contribution in [3.63, 3.8) is 0 Å². The highest BCUT2D eigenvalue weighted by atomic mass is 32.2. The molecule has 1 N–H and O–H groups in total. The topological polar surface area (TPSA) is 84.5 Å². The molecule has 0 bridgehead atoms. The molecule has 0 aromatic carbocycles. The Morgan fingerprint density at radius 1 is 1.24 bits per heavy atom. The summed E-state index contributed by atoms with van der Waals surface area (Å²) in [7, 11) is -2.02. The van der Waals surface area contributed by atoms with Crippen molar-refractivity contribution in [1.82, 2.24) is 14.2 Å². The van der Waals surface area contributed by atoms with Gasteiger partial charge in [-0.1, -0.05) is 0 Å². The second-order valence-corrected chi connectivity index (χ2v) is 8.11. The third-order valence-electron chi connectivity index (χ3n) is 4.62. The molecule has 1 fully saturated rings. The van der Waals surface area contributed by atoms with Crippen LogP contribution in [0.2, 0.25) is 0 Å². The summed E-state index contributed by atoms with van der Waals surface area (Å²) in [6.45, 7) is 5.02. The summed E-state index contributed by atoms with van der Waals surface area (Å²) in [5.41, 5.74) is 0.930. The van der Waals surface area contributed by atoms with Gasteiger partial charge in [0.25, 0.3) is 5.91 Å². The molecule has 0 atom stereocenters. The van der Waals surface area contributed by atoms with E-state index in [0.29, 0.717) is 17.1 Å². The van der Waals surface area contributed by atoms with Crippen molar-refractivity contribution in [1.29, 1.82) is 0 Å². The van der Waals surface area contributed by atoms with E-state index in [1.54, 1.807) is 42.5 Å². The van der Waals surface area contributed by atoms with Crippen LogP contribution >= 0.6 is 0 Å². The number of aryl methyl sites for hydroxylation is 1. The minimum absolute atomic E-state index is 0.0694. The predicted octanol–water partition coefficient (Wildman–Crippen LogP) is 1.95. The second kappa shape index (κ2) is 6.68. The quantitative estimate of drug-likeness (QED) is 0.878. The number of carbonyl (C=O) groups excluding carboxylic acids is 1. The largest absolute Gasteiger partial charge is 0.465 e. The van der Waals surface area contributed by atoms with Crippen molar-refractivity contribution in [2.75, 3.05) is 13.1 Å². The van der Waals surface area contributed by atoms with E-state index in [0.717, 1.165) is 31.7 Å². The van der Waals surface area contributed by atoms with E-state index in [1.165, 1.54) is 6.07 Å². The van der Waals surface area contributed by atoms with Crippen molar-refractivity contribution in [3.05, 3.63) is 41.1 Å². The number of aromatic nitrogens is 1. The number of likely N-dealkylation sites (tertiary alicyclic amines) is 1. The van der Waals surface area contributed by atoms with E-state index in [4.69, 9.17) is 4.42 Å². The third-order valence-corrected chi connectivity index (χ3v) is 6.14. The number of hydrogen-bond acceptors (Lipinski definition) is 4. The van der Waals surface area contributed by atoms with Gasteiger partial charge in [0.2, 0.25) is 10.0 Å². The highest BCUT2D eigenvalue weighted by Gasteiger charge is 2.27. The first kappa shape index (κ1) is 17.8. The van der Waals surface area contributed by atoms with E-state index in [2.05, 4.69) is 4.72 Å². The molecular formula is C17H23N3O4S. The van der Waals surface area contributed by atoms with E-state index in [1.807, 2.05) is 0 Å². The molecule has 1 saturated heterocycles. The van der Waals surface area contributed by atoms with Gasteiger partial charge in [0.15, 0.2) is 0 Å². The van der Waals surface area contributed by atoms with Gasteiger partial charge in [0.1, 0.15) is 22.1 Å². The summed E-state index contributed by atoms with van der Waals surface area (Å²) in [6.07, 6.45) is 1.98. The molecule has 2 aromatic rings. The predicted molar refractivity (Wildman–Crippen MR) is 92.8 cm³/mol. The van der Waals surface area contributed by atoms with Crippen molar-refractivity contribution in [2.45, 2.75) is 38.1 Å². The average molecular weight is 365 g/mol. The van der Waals surface area contributed by atoms with E-state index >= 15 is 0 Å². The first-order valence-corrected chi connectivity index (χ1v) is 9.78. The number of nitrogens with one attached hydrogen (secondary N) is 1. The molecule has 25 heavy (non-hydrogen) atoms. The summed E-state index contributed by atoms with van der Waals surface area (Å²) in [4.78, 5) is 14.5. The van der Waals surface area contributed by atoms with Crippen molar-refractivity contribution in [2.24, 2.45) is 7.05 Å². The summed E-state index contributed by atoms with van der Waals surface area (Å²) in [5.74, 6) is 1.15. The molecule has 3 rings (SSSR count). The minimum atomic E-state index is -3.74. The van der Waals surface area contributed by atoms with Crippen LogP contribution in [0.25, 0.3) is 0 Å². The fourth-order valence-corrected chi connectivity index (χ4v) is 4.34.